The zero-order valence-electron chi connectivity index (χ0n) is 17.5. The highest BCUT2D eigenvalue weighted by atomic mass is 35.5. The zero-order valence-corrected chi connectivity index (χ0v) is 19.1. The minimum atomic E-state index is -4.19. The number of rotatable bonds is 5. The van der Waals surface area contributed by atoms with Gasteiger partial charge in [-0.15, -0.1) is 0 Å². The number of hydrogen-bond acceptors (Lipinski definition) is 4. The molecule has 1 aliphatic rings. The Kier molecular flexibility index (Phi) is 6.35. The summed E-state index contributed by atoms with van der Waals surface area (Å²) in [6, 6.07) is 12.7. The first-order chi connectivity index (χ1) is 15.3. The van der Waals surface area contributed by atoms with E-state index in [1.54, 1.807) is 35.0 Å². The number of nitrogens with zero attached hydrogens (tertiary/aromatic N) is 2. The van der Waals surface area contributed by atoms with Gasteiger partial charge in [0.25, 0.3) is 5.91 Å². The molecule has 1 atom stereocenters. The number of benzene rings is 2. The monoisotopic (exact) mass is 475 g/mol. The van der Waals surface area contributed by atoms with E-state index in [1.165, 1.54) is 25.1 Å². The molecule has 0 fully saturated rings. The summed E-state index contributed by atoms with van der Waals surface area (Å²) in [5, 5.41) is 3.83. The lowest BCUT2D eigenvalue weighted by Gasteiger charge is -2.14. The van der Waals surface area contributed by atoms with Gasteiger partial charge in [0.15, 0.2) is 5.69 Å². The van der Waals surface area contributed by atoms with E-state index in [4.69, 9.17) is 11.6 Å². The van der Waals surface area contributed by atoms with E-state index in [2.05, 4.69) is 9.82 Å². The largest absolute Gasteiger partial charge is 0.285 e. The number of aromatic nitrogens is 2. The van der Waals surface area contributed by atoms with Crippen LogP contribution in [0.25, 0.3) is 5.69 Å². The topological polar surface area (TPSA) is 81.1 Å². The Bertz CT molecular complexity index is 1260. The second-order valence-corrected chi connectivity index (χ2v) is 10.3. The van der Waals surface area contributed by atoms with Crippen molar-refractivity contribution in [3.05, 3.63) is 81.9 Å². The molecule has 9 heteroatoms. The molecule has 1 N–H and O–H groups in total. The van der Waals surface area contributed by atoms with Gasteiger partial charge in [-0.3, -0.25) is 4.79 Å². The molecule has 0 saturated heterocycles. The first-order valence-electron chi connectivity index (χ1n) is 10.4. The normalized spacial score (nSPS) is 15.0. The molecule has 2 aromatic carbocycles. The minimum absolute atomic E-state index is 0.00155. The highest BCUT2D eigenvalue weighted by Gasteiger charge is 2.31. The first-order valence-corrected chi connectivity index (χ1v) is 12.4. The van der Waals surface area contributed by atoms with E-state index in [0.717, 1.165) is 42.6 Å². The lowest BCUT2D eigenvalue weighted by atomic mass is 10.1. The third-order valence-electron chi connectivity index (χ3n) is 5.76. The molecule has 1 amide bonds. The van der Waals surface area contributed by atoms with Gasteiger partial charge in [0, 0.05) is 21.8 Å². The first kappa shape index (κ1) is 22.5. The van der Waals surface area contributed by atoms with Crippen LogP contribution in [-0.4, -0.2) is 24.1 Å². The molecule has 6 nitrogen and oxygen atoms in total. The molecule has 0 aliphatic heterocycles. The van der Waals surface area contributed by atoms with E-state index in [-0.39, 0.29) is 11.3 Å². The van der Waals surface area contributed by atoms with Crippen molar-refractivity contribution in [1.82, 2.24) is 14.5 Å². The summed E-state index contributed by atoms with van der Waals surface area (Å²) in [4.78, 5) is 13.1. The fraction of sp³-hybridized carbons (Fsp3) is 0.304. The smallest absolute Gasteiger partial charge is 0.266 e. The second-order valence-electron chi connectivity index (χ2n) is 7.86. The summed E-state index contributed by atoms with van der Waals surface area (Å²) >= 11 is 6.00. The molecule has 1 unspecified atom stereocenters. The van der Waals surface area contributed by atoms with E-state index >= 15 is 0 Å². The van der Waals surface area contributed by atoms with Gasteiger partial charge < -0.3 is 0 Å². The van der Waals surface area contributed by atoms with E-state index in [0.29, 0.717) is 11.4 Å². The number of carbonyl (C=O) groups excluding carboxylic acids is 1. The van der Waals surface area contributed by atoms with Crippen molar-refractivity contribution < 1.29 is 17.6 Å². The molecule has 0 spiro atoms. The van der Waals surface area contributed by atoms with Crippen LogP contribution in [0, 0.1) is 5.82 Å². The summed E-state index contributed by atoms with van der Waals surface area (Å²) < 4.78 is 43.7. The van der Waals surface area contributed by atoms with Crippen LogP contribution in [0.5, 0.6) is 0 Å². The van der Waals surface area contributed by atoms with Gasteiger partial charge in [-0.2, -0.15) is 5.10 Å². The molecule has 168 valence electrons. The molecule has 1 aliphatic carbocycles. The average molecular weight is 476 g/mol. The molecular formula is C23H23ClFN3O3S. The maximum atomic E-state index is 14.1. The Morgan fingerprint density at radius 3 is 2.50 bits per heavy atom. The quantitative estimate of drug-likeness (QED) is 0.540. The number of fused-ring (bicyclic) bond motifs is 1. The third kappa shape index (κ3) is 4.42. The molecule has 0 radical (unpaired) electrons. The molecule has 3 aromatic rings. The average Bonchev–Trinajstić information content (AvgIpc) is 2.95. The van der Waals surface area contributed by atoms with Gasteiger partial charge >= 0.3 is 0 Å². The van der Waals surface area contributed by atoms with Crippen molar-refractivity contribution in [2.24, 2.45) is 0 Å². The maximum Gasteiger partial charge on any atom is 0.285 e. The summed E-state index contributed by atoms with van der Waals surface area (Å²) in [7, 11) is -4.19. The lowest BCUT2D eigenvalue weighted by molar-refractivity contribution is 0.0975. The van der Waals surface area contributed by atoms with Crippen LogP contribution in [0.1, 0.15) is 58.7 Å². The van der Waals surface area contributed by atoms with Gasteiger partial charge in [0.2, 0.25) is 10.0 Å². The highest BCUT2D eigenvalue weighted by molar-refractivity contribution is 7.90. The highest BCUT2D eigenvalue weighted by Crippen LogP contribution is 2.28. The van der Waals surface area contributed by atoms with Gasteiger partial charge in [-0.25, -0.2) is 22.2 Å². The van der Waals surface area contributed by atoms with Gasteiger partial charge in [0.05, 0.1) is 5.69 Å². The van der Waals surface area contributed by atoms with Crippen molar-refractivity contribution >= 4 is 27.5 Å². The Hall–Kier alpha value is -2.71. The number of carbonyl (C=O) groups is 1. The Morgan fingerprint density at radius 1 is 1.09 bits per heavy atom. The summed E-state index contributed by atoms with van der Waals surface area (Å²) in [6.45, 7) is 1.35. The van der Waals surface area contributed by atoms with Crippen LogP contribution in [-0.2, 0) is 22.9 Å². The van der Waals surface area contributed by atoms with E-state index in [9.17, 15) is 17.6 Å². The second kappa shape index (κ2) is 9.03. The van der Waals surface area contributed by atoms with Crippen molar-refractivity contribution in [2.75, 3.05) is 0 Å². The molecule has 1 heterocycles. The molecule has 1 aromatic heterocycles. The fourth-order valence-corrected chi connectivity index (χ4v) is 5.18. The van der Waals surface area contributed by atoms with Crippen molar-refractivity contribution in [2.45, 2.75) is 44.3 Å². The Labute approximate surface area is 191 Å². The van der Waals surface area contributed by atoms with Crippen LogP contribution in [0.3, 0.4) is 0 Å². The van der Waals surface area contributed by atoms with Crippen LogP contribution < -0.4 is 4.72 Å². The summed E-state index contributed by atoms with van der Waals surface area (Å²) in [5.41, 5.74) is 2.48. The molecule has 32 heavy (non-hydrogen) atoms. The molecule has 0 saturated carbocycles. The number of amides is 1. The summed E-state index contributed by atoms with van der Waals surface area (Å²) in [5.74, 6) is -1.45. The zero-order chi connectivity index (χ0) is 22.9. The Morgan fingerprint density at radius 2 is 1.78 bits per heavy atom. The van der Waals surface area contributed by atoms with Crippen LogP contribution in [0.15, 0.2) is 48.5 Å². The maximum absolute atomic E-state index is 14.1. The summed E-state index contributed by atoms with van der Waals surface area (Å²) in [6.07, 6.45) is 4.22. The van der Waals surface area contributed by atoms with Crippen LogP contribution in [0.2, 0.25) is 5.02 Å². The minimum Gasteiger partial charge on any atom is -0.266 e. The van der Waals surface area contributed by atoms with Crippen molar-refractivity contribution in [3.8, 4) is 5.69 Å². The van der Waals surface area contributed by atoms with Gasteiger partial charge in [0.1, 0.15) is 11.1 Å². The van der Waals surface area contributed by atoms with Crippen LogP contribution in [0.4, 0.5) is 4.39 Å². The van der Waals surface area contributed by atoms with Gasteiger partial charge in [-0.05, 0) is 62.9 Å². The number of sulfonamides is 1. The Balaban J connectivity index is 1.69. The van der Waals surface area contributed by atoms with E-state index in [1.807, 2.05) is 0 Å². The van der Waals surface area contributed by atoms with Crippen molar-refractivity contribution in [3.63, 3.8) is 0 Å². The number of nitrogens with one attached hydrogen (secondary N) is 1. The third-order valence-corrected chi connectivity index (χ3v) is 7.67. The van der Waals surface area contributed by atoms with Crippen molar-refractivity contribution in [1.29, 1.82) is 0 Å². The standard InChI is InChI=1S/C23H23ClFN3O3S/c1-15(18-7-5-6-9-20(18)25)32(30,31)27-23(29)22-19-8-3-2-4-10-21(19)28(26-22)17-13-11-16(24)12-14-17/h5-7,9,11-15H,2-4,8,10H2,1H3,(H,27,29). The predicted molar refractivity (Wildman–Crippen MR) is 121 cm³/mol. The van der Waals surface area contributed by atoms with E-state index < -0.39 is 27.0 Å². The number of hydrogen-bond donors (Lipinski definition) is 1. The molecular weight excluding hydrogens is 453 g/mol. The number of halogens is 2. The van der Waals surface area contributed by atoms with Gasteiger partial charge in [-0.1, -0.05) is 36.2 Å². The predicted octanol–water partition coefficient (Wildman–Crippen LogP) is 4.75. The molecule has 0 bridgehead atoms. The lowest BCUT2D eigenvalue weighted by Crippen LogP contribution is -2.34. The fourth-order valence-electron chi connectivity index (χ4n) is 3.99. The molecule has 4 rings (SSSR count). The van der Waals surface area contributed by atoms with Crippen LogP contribution >= 0.6 is 11.6 Å². The SMILES string of the molecule is CC(c1ccccc1F)S(=O)(=O)NC(=O)c1nn(-c2ccc(Cl)cc2)c2c1CCCCC2.